The SMILES string of the molecule is C=CCN(C(=O)Cc1cn2cccc(C)c2n1)[C@H]1CCS(=O)(=O)C1. The Labute approximate surface area is 141 Å². The maximum Gasteiger partial charge on any atom is 0.229 e. The van der Waals surface area contributed by atoms with E-state index in [1.165, 1.54) is 0 Å². The Bertz CT molecular complexity index is 886. The molecule has 24 heavy (non-hydrogen) atoms. The van der Waals surface area contributed by atoms with Gasteiger partial charge in [0.2, 0.25) is 5.91 Å². The summed E-state index contributed by atoms with van der Waals surface area (Å²) in [6.45, 7) is 6.01. The van der Waals surface area contributed by atoms with Crippen LogP contribution in [0.4, 0.5) is 0 Å². The average molecular weight is 347 g/mol. The van der Waals surface area contributed by atoms with Gasteiger partial charge in [-0.3, -0.25) is 4.79 Å². The summed E-state index contributed by atoms with van der Waals surface area (Å²) in [6.07, 6.45) is 6.03. The molecule has 7 heteroatoms. The van der Waals surface area contributed by atoms with Crippen LogP contribution in [0.3, 0.4) is 0 Å². The minimum absolute atomic E-state index is 0.0385. The number of imidazole rings is 1. The number of aryl methyl sites for hydroxylation is 1. The molecule has 1 atom stereocenters. The van der Waals surface area contributed by atoms with Gasteiger partial charge in [-0.05, 0) is 25.0 Å². The number of nitrogens with zero attached hydrogens (tertiary/aromatic N) is 3. The van der Waals surface area contributed by atoms with Crippen molar-refractivity contribution >= 4 is 21.4 Å². The fraction of sp³-hybridized carbons (Fsp3) is 0.412. The second-order valence-corrected chi connectivity index (χ2v) is 8.45. The summed E-state index contributed by atoms with van der Waals surface area (Å²) in [6, 6.07) is 3.64. The van der Waals surface area contributed by atoms with Gasteiger partial charge in [-0.25, -0.2) is 13.4 Å². The Kier molecular flexibility index (Phi) is 4.45. The largest absolute Gasteiger partial charge is 0.335 e. The number of aromatic nitrogens is 2. The van der Waals surface area contributed by atoms with Gasteiger partial charge in [0.15, 0.2) is 9.84 Å². The van der Waals surface area contributed by atoms with Crippen molar-refractivity contribution in [2.75, 3.05) is 18.1 Å². The van der Waals surface area contributed by atoms with Crippen LogP contribution in [0, 0.1) is 6.92 Å². The lowest BCUT2D eigenvalue weighted by molar-refractivity contribution is -0.131. The van der Waals surface area contributed by atoms with Gasteiger partial charge in [0.25, 0.3) is 0 Å². The summed E-state index contributed by atoms with van der Waals surface area (Å²) in [7, 11) is -3.04. The molecule has 2 aromatic rings. The van der Waals surface area contributed by atoms with Gasteiger partial charge in [-0.1, -0.05) is 12.1 Å². The third-order valence-corrected chi connectivity index (χ3v) is 6.11. The zero-order valence-electron chi connectivity index (χ0n) is 13.7. The highest BCUT2D eigenvalue weighted by Crippen LogP contribution is 2.19. The smallest absolute Gasteiger partial charge is 0.229 e. The van der Waals surface area contributed by atoms with Crippen LogP contribution in [0.15, 0.2) is 37.2 Å². The number of carbonyl (C=O) groups is 1. The molecular weight excluding hydrogens is 326 g/mol. The number of rotatable bonds is 5. The number of amides is 1. The summed E-state index contributed by atoms with van der Waals surface area (Å²) < 4.78 is 25.3. The van der Waals surface area contributed by atoms with Crippen molar-refractivity contribution in [3.8, 4) is 0 Å². The fourth-order valence-corrected chi connectivity index (χ4v) is 4.89. The van der Waals surface area contributed by atoms with Crippen LogP contribution >= 0.6 is 0 Å². The lowest BCUT2D eigenvalue weighted by Gasteiger charge is -2.26. The molecule has 3 rings (SSSR count). The summed E-state index contributed by atoms with van der Waals surface area (Å²) in [4.78, 5) is 18.8. The van der Waals surface area contributed by atoms with Crippen molar-refractivity contribution in [3.63, 3.8) is 0 Å². The van der Waals surface area contributed by atoms with Gasteiger partial charge in [-0.2, -0.15) is 0 Å². The molecular formula is C17H21N3O3S. The average Bonchev–Trinajstić information content (AvgIpc) is 3.08. The molecule has 1 aliphatic heterocycles. The molecule has 128 valence electrons. The van der Waals surface area contributed by atoms with Crippen molar-refractivity contribution in [2.45, 2.75) is 25.8 Å². The Hall–Kier alpha value is -2.15. The second kappa shape index (κ2) is 6.39. The monoisotopic (exact) mass is 347 g/mol. The number of fused-ring (bicyclic) bond motifs is 1. The van der Waals surface area contributed by atoms with Gasteiger partial charge in [-0.15, -0.1) is 6.58 Å². The molecule has 1 amide bonds. The predicted octanol–water partition coefficient (Wildman–Crippen LogP) is 1.39. The van der Waals surface area contributed by atoms with Crippen LogP contribution in [0.2, 0.25) is 0 Å². The molecule has 0 spiro atoms. The Morgan fingerprint density at radius 2 is 2.33 bits per heavy atom. The lowest BCUT2D eigenvalue weighted by atomic mass is 10.2. The maximum atomic E-state index is 12.7. The fourth-order valence-electron chi connectivity index (χ4n) is 3.16. The summed E-state index contributed by atoms with van der Waals surface area (Å²) in [5.41, 5.74) is 2.56. The van der Waals surface area contributed by atoms with E-state index in [1.54, 1.807) is 11.0 Å². The van der Waals surface area contributed by atoms with Crippen molar-refractivity contribution in [1.82, 2.24) is 14.3 Å². The predicted molar refractivity (Wildman–Crippen MR) is 92.6 cm³/mol. The van der Waals surface area contributed by atoms with Crippen LogP contribution in [-0.4, -0.2) is 52.7 Å². The number of hydrogen-bond donors (Lipinski definition) is 0. The normalized spacial score (nSPS) is 19.5. The summed E-state index contributed by atoms with van der Waals surface area (Å²) in [5.74, 6) is 0.0706. The molecule has 1 saturated heterocycles. The molecule has 0 N–H and O–H groups in total. The van der Waals surface area contributed by atoms with Gasteiger partial charge in [0.1, 0.15) is 5.65 Å². The minimum Gasteiger partial charge on any atom is -0.335 e. The third kappa shape index (κ3) is 3.36. The zero-order valence-corrected chi connectivity index (χ0v) is 14.5. The van der Waals surface area contributed by atoms with E-state index in [1.807, 2.05) is 35.9 Å². The zero-order chi connectivity index (χ0) is 17.3. The molecule has 0 aromatic carbocycles. The van der Waals surface area contributed by atoms with E-state index in [9.17, 15) is 13.2 Å². The Morgan fingerprint density at radius 1 is 1.54 bits per heavy atom. The summed E-state index contributed by atoms with van der Waals surface area (Å²) in [5, 5.41) is 0. The van der Waals surface area contributed by atoms with E-state index < -0.39 is 9.84 Å². The van der Waals surface area contributed by atoms with Gasteiger partial charge < -0.3 is 9.30 Å². The first kappa shape index (κ1) is 16.7. The minimum atomic E-state index is -3.04. The molecule has 0 bridgehead atoms. The van der Waals surface area contributed by atoms with Crippen LogP contribution in [0.25, 0.3) is 5.65 Å². The second-order valence-electron chi connectivity index (χ2n) is 6.22. The molecule has 0 unspecified atom stereocenters. The molecule has 1 fully saturated rings. The molecule has 6 nitrogen and oxygen atoms in total. The van der Waals surface area contributed by atoms with Crippen molar-refractivity contribution in [2.24, 2.45) is 0 Å². The van der Waals surface area contributed by atoms with E-state index in [2.05, 4.69) is 11.6 Å². The Balaban J connectivity index is 1.80. The van der Waals surface area contributed by atoms with Crippen LogP contribution < -0.4 is 0 Å². The van der Waals surface area contributed by atoms with Gasteiger partial charge in [0.05, 0.1) is 23.6 Å². The molecule has 2 aromatic heterocycles. The van der Waals surface area contributed by atoms with Gasteiger partial charge in [0, 0.05) is 25.0 Å². The van der Waals surface area contributed by atoms with E-state index in [4.69, 9.17) is 0 Å². The molecule has 0 saturated carbocycles. The van der Waals surface area contributed by atoms with Gasteiger partial charge >= 0.3 is 0 Å². The molecule has 0 aliphatic carbocycles. The first-order valence-electron chi connectivity index (χ1n) is 7.93. The van der Waals surface area contributed by atoms with E-state index in [0.29, 0.717) is 18.7 Å². The highest BCUT2D eigenvalue weighted by atomic mass is 32.2. The number of pyridine rings is 1. The Morgan fingerprint density at radius 3 is 2.96 bits per heavy atom. The van der Waals surface area contributed by atoms with Crippen LogP contribution in [-0.2, 0) is 21.1 Å². The first-order valence-corrected chi connectivity index (χ1v) is 9.76. The molecule has 3 heterocycles. The van der Waals surface area contributed by atoms with Crippen LogP contribution in [0.1, 0.15) is 17.7 Å². The highest BCUT2D eigenvalue weighted by Gasteiger charge is 2.34. The van der Waals surface area contributed by atoms with E-state index in [-0.39, 0.29) is 29.9 Å². The van der Waals surface area contributed by atoms with Crippen LogP contribution in [0.5, 0.6) is 0 Å². The molecule has 1 aliphatic rings. The topological polar surface area (TPSA) is 71.8 Å². The lowest BCUT2D eigenvalue weighted by Crippen LogP contribution is -2.42. The number of carbonyl (C=O) groups excluding carboxylic acids is 1. The van der Waals surface area contributed by atoms with Crippen molar-refractivity contribution in [1.29, 1.82) is 0 Å². The highest BCUT2D eigenvalue weighted by molar-refractivity contribution is 7.91. The van der Waals surface area contributed by atoms with E-state index >= 15 is 0 Å². The first-order chi connectivity index (χ1) is 11.4. The molecule has 0 radical (unpaired) electrons. The van der Waals surface area contributed by atoms with Crippen molar-refractivity contribution < 1.29 is 13.2 Å². The third-order valence-electron chi connectivity index (χ3n) is 4.36. The standard InChI is InChI=1S/C17H21N3O3S/c1-3-7-20(15-6-9-24(22,23)12-15)16(21)10-14-11-19-8-4-5-13(2)17(19)18-14/h3-5,8,11,15H,1,6-7,9-10,12H2,2H3/t15-/m0/s1. The number of sulfone groups is 1. The maximum absolute atomic E-state index is 12.7. The number of hydrogen-bond acceptors (Lipinski definition) is 4. The quantitative estimate of drug-likeness (QED) is 0.766. The summed E-state index contributed by atoms with van der Waals surface area (Å²) >= 11 is 0. The van der Waals surface area contributed by atoms with Crippen molar-refractivity contribution in [3.05, 3.63) is 48.4 Å². The van der Waals surface area contributed by atoms with E-state index in [0.717, 1.165) is 11.2 Å².